The highest BCUT2D eigenvalue weighted by Gasteiger charge is 2.17. The Bertz CT molecular complexity index is 1540. The maximum absolute atomic E-state index is 13.5. The third kappa shape index (κ3) is 3.43. The molecule has 0 spiro atoms. The minimum atomic E-state index is -0.460. The van der Waals surface area contributed by atoms with Crippen LogP contribution in [0.25, 0.3) is 28.0 Å². The van der Waals surface area contributed by atoms with Crippen LogP contribution in [0.15, 0.2) is 86.9 Å². The molecule has 0 N–H and O–H groups in total. The minimum Gasteiger partial charge on any atom is -0.337 e. The first kappa shape index (κ1) is 19.7. The van der Waals surface area contributed by atoms with Crippen molar-refractivity contribution in [3.8, 4) is 17.1 Å². The molecule has 0 amide bonds. The van der Waals surface area contributed by atoms with E-state index >= 15 is 0 Å². The second-order valence-corrected chi connectivity index (χ2v) is 7.75. The Hall–Kier alpha value is -4.26. The summed E-state index contributed by atoms with van der Waals surface area (Å²) in [5, 5.41) is 4.48. The van der Waals surface area contributed by atoms with E-state index in [1.807, 2.05) is 62.4 Å². The Morgan fingerprint density at radius 1 is 0.875 bits per heavy atom. The summed E-state index contributed by atoms with van der Waals surface area (Å²) in [5.41, 5.74) is 2.99. The zero-order valence-electron chi connectivity index (χ0n) is 17.6. The van der Waals surface area contributed by atoms with E-state index < -0.39 is 5.69 Å². The van der Waals surface area contributed by atoms with Crippen LogP contribution in [-0.4, -0.2) is 19.3 Å². The highest BCUT2D eigenvalue weighted by molar-refractivity contribution is 5.78. The fourth-order valence-electron chi connectivity index (χ4n) is 3.94. The number of hydrogen-bond acceptors (Lipinski definition) is 5. The first-order valence-electron chi connectivity index (χ1n) is 10.2. The van der Waals surface area contributed by atoms with Crippen molar-refractivity contribution in [3.05, 3.63) is 111 Å². The van der Waals surface area contributed by atoms with Gasteiger partial charge >= 0.3 is 5.69 Å². The van der Waals surface area contributed by atoms with Gasteiger partial charge in [-0.05, 0) is 49.2 Å². The predicted molar refractivity (Wildman–Crippen MR) is 122 cm³/mol. The molecule has 0 radical (unpaired) electrons. The van der Waals surface area contributed by atoms with Crippen LogP contribution in [0.2, 0.25) is 0 Å². The molecule has 5 aromatic rings. The quantitative estimate of drug-likeness (QED) is 0.437. The number of aryl methyl sites for hydroxylation is 2. The third-order valence-corrected chi connectivity index (χ3v) is 5.31. The van der Waals surface area contributed by atoms with E-state index in [1.165, 1.54) is 9.13 Å². The highest BCUT2D eigenvalue weighted by Crippen LogP contribution is 2.17. The Labute approximate surface area is 183 Å². The molecule has 0 saturated heterocycles. The molecule has 0 saturated carbocycles. The van der Waals surface area contributed by atoms with E-state index in [0.29, 0.717) is 22.4 Å². The van der Waals surface area contributed by atoms with E-state index in [1.54, 1.807) is 24.3 Å². The van der Waals surface area contributed by atoms with Crippen LogP contribution in [-0.2, 0) is 6.54 Å². The summed E-state index contributed by atoms with van der Waals surface area (Å²) in [5.74, 6) is 0.724. The van der Waals surface area contributed by atoms with Gasteiger partial charge in [-0.1, -0.05) is 53.7 Å². The average Bonchev–Trinajstić information content (AvgIpc) is 3.25. The summed E-state index contributed by atoms with van der Waals surface area (Å²) in [4.78, 5) is 31.3. The van der Waals surface area contributed by atoms with Gasteiger partial charge in [-0.25, -0.2) is 9.36 Å². The molecule has 5 rings (SSSR count). The standard InChI is InChI=1S/C25H20N4O3/c1-16-12-17(2)14-19(13-16)29-24(30)20-10-6-7-11-21(20)28(25(29)31)15-22-26-23(27-32-22)18-8-4-3-5-9-18/h3-14H,15H2,1-2H3. The van der Waals surface area contributed by atoms with Crippen molar-refractivity contribution in [2.24, 2.45) is 0 Å². The van der Waals surface area contributed by atoms with Gasteiger partial charge < -0.3 is 4.52 Å². The number of hydrogen-bond donors (Lipinski definition) is 0. The second-order valence-electron chi connectivity index (χ2n) is 7.75. The van der Waals surface area contributed by atoms with Gasteiger partial charge in [0.05, 0.1) is 16.6 Å². The fourth-order valence-corrected chi connectivity index (χ4v) is 3.94. The lowest BCUT2D eigenvalue weighted by atomic mass is 10.1. The van der Waals surface area contributed by atoms with Gasteiger partial charge in [0.2, 0.25) is 11.7 Å². The molecular formula is C25H20N4O3. The molecule has 7 nitrogen and oxygen atoms in total. The maximum atomic E-state index is 13.5. The number of nitrogens with zero attached hydrogens (tertiary/aromatic N) is 4. The van der Waals surface area contributed by atoms with Crippen LogP contribution < -0.4 is 11.2 Å². The molecule has 3 aromatic carbocycles. The van der Waals surface area contributed by atoms with Gasteiger partial charge in [0.25, 0.3) is 5.56 Å². The molecule has 2 aromatic heterocycles. The molecule has 0 aliphatic rings. The van der Waals surface area contributed by atoms with Gasteiger partial charge in [-0.2, -0.15) is 4.98 Å². The van der Waals surface area contributed by atoms with Crippen molar-refractivity contribution in [2.45, 2.75) is 20.4 Å². The zero-order chi connectivity index (χ0) is 22.2. The van der Waals surface area contributed by atoms with Gasteiger partial charge in [-0.3, -0.25) is 9.36 Å². The fraction of sp³-hybridized carbons (Fsp3) is 0.120. The van der Waals surface area contributed by atoms with Crippen molar-refractivity contribution in [3.63, 3.8) is 0 Å². The van der Waals surface area contributed by atoms with Crippen molar-refractivity contribution in [1.29, 1.82) is 0 Å². The number of benzene rings is 3. The van der Waals surface area contributed by atoms with Crippen LogP contribution in [0.3, 0.4) is 0 Å². The number of rotatable bonds is 4. The summed E-state index contributed by atoms with van der Waals surface area (Å²) in [6, 6.07) is 22.2. The monoisotopic (exact) mass is 424 g/mol. The lowest BCUT2D eigenvalue weighted by Crippen LogP contribution is -2.39. The van der Waals surface area contributed by atoms with E-state index in [2.05, 4.69) is 10.1 Å². The van der Waals surface area contributed by atoms with Crippen molar-refractivity contribution >= 4 is 10.9 Å². The lowest BCUT2D eigenvalue weighted by Gasteiger charge is -2.13. The molecule has 158 valence electrons. The van der Waals surface area contributed by atoms with Crippen molar-refractivity contribution in [2.75, 3.05) is 0 Å². The molecule has 0 aliphatic heterocycles. The SMILES string of the molecule is Cc1cc(C)cc(-n2c(=O)c3ccccc3n(Cc3nc(-c4ccccc4)no3)c2=O)c1. The van der Waals surface area contributed by atoms with E-state index in [-0.39, 0.29) is 18.0 Å². The van der Waals surface area contributed by atoms with E-state index in [0.717, 1.165) is 16.7 Å². The van der Waals surface area contributed by atoms with Crippen LogP contribution in [0.5, 0.6) is 0 Å². The summed E-state index contributed by atoms with van der Waals surface area (Å²) in [7, 11) is 0. The Balaban J connectivity index is 1.69. The first-order valence-corrected chi connectivity index (χ1v) is 10.2. The molecule has 0 atom stereocenters. The Kier molecular flexibility index (Phi) is 4.78. The molecule has 0 aliphatic carbocycles. The Morgan fingerprint density at radius 3 is 2.31 bits per heavy atom. The summed E-state index contributed by atoms with van der Waals surface area (Å²) >= 11 is 0. The van der Waals surface area contributed by atoms with Crippen molar-refractivity contribution < 1.29 is 4.52 Å². The van der Waals surface area contributed by atoms with E-state index in [9.17, 15) is 9.59 Å². The smallest absolute Gasteiger partial charge is 0.336 e. The van der Waals surface area contributed by atoms with Crippen LogP contribution in [0.1, 0.15) is 17.0 Å². The van der Waals surface area contributed by atoms with Gasteiger partial charge in [0, 0.05) is 5.56 Å². The van der Waals surface area contributed by atoms with Crippen molar-refractivity contribution in [1.82, 2.24) is 19.3 Å². The van der Waals surface area contributed by atoms with Crippen LogP contribution in [0, 0.1) is 13.8 Å². The molecule has 0 fully saturated rings. The minimum absolute atomic E-state index is 0.0459. The molecule has 7 heteroatoms. The first-order chi connectivity index (χ1) is 15.5. The molecule has 0 unspecified atom stereocenters. The number of fused-ring (bicyclic) bond motifs is 1. The largest absolute Gasteiger partial charge is 0.337 e. The summed E-state index contributed by atoms with van der Waals surface area (Å²) in [6.45, 7) is 3.92. The average molecular weight is 424 g/mol. The normalized spacial score (nSPS) is 11.2. The topological polar surface area (TPSA) is 82.9 Å². The predicted octanol–water partition coefficient (Wildman–Crippen LogP) is 3.87. The summed E-state index contributed by atoms with van der Waals surface area (Å²) in [6.07, 6.45) is 0. The second kappa shape index (κ2) is 7.77. The van der Waals surface area contributed by atoms with Gasteiger partial charge in [0.1, 0.15) is 6.54 Å². The molecular weight excluding hydrogens is 404 g/mol. The van der Waals surface area contributed by atoms with Gasteiger partial charge in [0.15, 0.2) is 0 Å². The maximum Gasteiger partial charge on any atom is 0.336 e. The Morgan fingerprint density at radius 2 is 1.56 bits per heavy atom. The van der Waals surface area contributed by atoms with Crippen LogP contribution in [0.4, 0.5) is 0 Å². The molecule has 32 heavy (non-hydrogen) atoms. The number of para-hydroxylation sites is 1. The van der Waals surface area contributed by atoms with Crippen LogP contribution >= 0.6 is 0 Å². The third-order valence-electron chi connectivity index (χ3n) is 5.31. The lowest BCUT2D eigenvalue weighted by molar-refractivity contribution is 0.370. The molecule has 2 heterocycles. The number of aromatic nitrogens is 4. The van der Waals surface area contributed by atoms with E-state index in [4.69, 9.17) is 4.52 Å². The highest BCUT2D eigenvalue weighted by atomic mass is 16.5. The zero-order valence-corrected chi connectivity index (χ0v) is 17.6. The molecule has 0 bridgehead atoms. The van der Waals surface area contributed by atoms with Gasteiger partial charge in [-0.15, -0.1) is 0 Å². The summed E-state index contributed by atoms with van der Waals surface area (Å²) < 4.78 is 8.13.